The molecule has 0 spiro atoms. The van der Waals surface area contributed by atoms with Crippen molar-refractivity contribution in [1.29, 1.82) is 0 Å². The van der Waals surface area contributed by atoms with Gasteiger partial charge < -0.3 is 11.1 Å². The Balaban J connectivity index is 2.85. The second-order valence-corrected chi connectivity index (χ2v) is 7.84. The average Bonchev–Trinajstić information content (AvgIpc) is 2.32. The fraction of sp³-hybridized carbons (Fsp3) is 0.643. The molecule has 0 amide bonds. The van der Waals surface area contributed by atoms with Gasteiger partial charge in [0.2, 0.25) is 0 Å². The molecule has 0 aliphatic heterocycles. The third kappa shape index (κ3) is 6.02. The van der Waals surface area contributed by atoms with Gasteiger partial charge in [-0.3, -0.25) is 0 Å². The SMILES string of the molecule is CCCNC(CSC(C)(C)C)c1cc(Cl)cnc1N. The van der Waals surface area contributed by atoms with Crippen LogP contribution in [0.3, 0.4) is 0 Å². The number of pyridine rings is 1. The summed E-state index contributed by atoms with van der Waals surface area (Å²) >= 11 is 7.94. The fourth-order valence-corrected chi connectivity index (χ4v) is 2.79. The first-order valence-corrected chi connectivity index (χ1v) is 7.98. The van der Waals surface area contributed by atoms with Crippen LogP contribution in [-0.4, -0.2) is 22.0 Å². The Morgan fingerprint density at radius 3 is 2.74 bits per heavy atom. The predicted octanol–water partition coefficient (Wildman–Crippen LogP) is 3.89. The van der Waals surface area contributed by atoms with Gasteiger partial charge in [-0.1, -0.05) is 39.3 Å². The number of nitrogens with one attached hydrogen (secondary N) is 1. The van der Waals surface area contributed by atoms with Gasteiger partial charge in [0, 0.05) is 28.3 Å². The monoisotopic (exact) mass is 301 g/mol. The maximum atomic E-state index is 6.03. The minimum Gasteiger partial charge on any atom is -0.383 e. The molecule has 1 aromatic rings. The smallest absolute Gasteiger partial charge is 0.128 e. The summed E-state index contributed by atoms with van der Waals surface area (Å²) < 4.78 is 0.229. The van der Waals surface area contributed by atoms with Crippen molar-refractivity contribution in [2.45, 2.75) is 44.9 Å². The van der Waals surface area contributed by atoms with Crippen LogP contribution < -0.4 is 11.1 Å². The largest absolute Gasteiger partial charge is 0.383 e. The second kappa shape index (κ2) is 7.36. The van der Waals surface area contributed by atoms with Gasteiger partial charge in [-0.05, 0) is 19.0 Å². The lowest BCUT2D eigenvalue weighted by Crippen LogP contribution is -2.27. The first-order valence-electron chi connectivity index (χ1n) is 6.61. The summed E-state index contributed by atoms with van der Waals surface area (Å²) in [7, 11) is 0. The summed E-state index contributed by atoms with van der Waals surface area (Å²) in [6.45, 7) is 9.76. The quantitative estimate of drug-likeness (QED) is 0.837. The lowest BCUT2D eigenvalue weighted by atomic mass is 10.1. The molecule has 0 fully saturated rings. The van der Waals surface area contributed by atoms with Crippen LogP contribution in [0.4, 0.5) is 5.82 Å². The van der Waals surface area contributed by atoms with Crippen LogP contribution in [-0.2, 0) is 0 Å². The molecule has 0 aliphatic rings. The third-order valence-electron chi connectivity index (χ3n) is 2.62. The second-order valence-electron chi connectivity index (χ2n) is 5.56. The Morgan fingerprint density at radius 1 is 1.47 bits per heavy atom. The van der Waals surface area contributed by atoms with E-state index >= 15 is 0 Å². The first-order chi connectivity index (χ1) is 8.83. The summed E-state index contributed by atoms with van der Waals surface area (Å²) in [5.41, 5.74) is 6.98. The molecule has 0 aliphatic carbocycles. The zero-order chi connectivity index (χ0) is 14.5. The van der Waals surface area contributed by atoms with E-state index in [-0.39, 0.29) is 10.8 Å². The minimum absolute atomic E-state index is 0.190. The van der Waals surface area contributed by atoms with Crippen LogP contribution in [0.25, 0.3) is 0 Å². The summed E-state index contributed by atoms with van der Waals surface area (Å²) in [5.74, 6) is 1.52. The number of rotatable bonds is 6. The maximum absolute atomic E-state index is 6.03. The number of aromatic nitrogens is 1. The van der Waals surface area contributed by atoms with E-state index in [4.69, 9.17) is 17.3 Å². The van der Waals surface area contributed by atoms with Crippen LogP contribution in [0.15, 0.2) is 12.3 Å². The van der Waals surface area contributed by atoms with Gasteiger partial charge in [0.05, 0.1) is 5.02 Å². The van der Waals surface area contributed by atoms with E-state index in [1.165, 1.54) is 0 Å². The molecule has 3 N–H and O–H groups in total. The molecule has 0 radical (unpaired) electrons. The van der Waals surface area contributed by atoms with Crippen LogP contribution in [0.5, 0.6) is 0 Å². The van der Waals surface area contributed by atoms with Crippen LogP contribution in [0, 0.1) is 0 Å². The molecule has 0 saturated carbocycles. The van der Waals surface area contributed by atoms with Crippen molar-refractivity contribution in [3.8, 4) is 0 Å². The number of thioether (sulfide) groups is 1. The molecule has 1 rings (SSSR count). The molecule has 5 heteroatoms. The number of nitrogens with zero attached hydrogens (tertiary/aromatic N) is 1. The lowest BCUT2D eigenvalue weighted by Gasteiger charge is -2.24. The highest BCUT2D eigenvalue weighted by atomic mass is 35.5. The number of halogens is 1. The lowest BCUT2D eigenvalue weighted by molar-refractivity contribution is 0.575. The normalized spacial score (nSPS) is 13.5. The van der Waals surface area contributed by atoms with E-state index in [1.54, 1.807) is 6.20 Å². The van der Waals surface area contributed by atoms with Crippen molar-refractivity contribution in [2.24, 2.45) is 0 Å². The van der Waals surface area contributed by atoms with Gasteiger partial charge in [0.25, 0.3) is 0 Å². The Labute approximate surface area is 125 Å². The first kappa shape index (κ1) is 16.6. The maximum Gasteiger partial charge on any atom is 0.128 e. The van der Waals surface area contributed by atoms with Gasteiger partial charge >= 0.3 is 0 Å². The highest BCUT2D eigenvalue weighted by molar-refractivity contribution is 8.00. The van der Waals surface area contributed by atoms with Crippen molar-refractivity contribution in [3.63, 3.8) is 0 Å². The number of hydrogen-bond acceptors (Lipinski definition) is 4. The molecule has 108 valence electrons. The molecule has 1 heterocycles. The van der Waals surface area contributed by atoms with Gasteiger partial charge in [-0.2, -0.15) is 11.8 Å². The molecular formula is C14H24ClN3S. The van der Waals surface area contributed by atoms with E-state index in [9.17, 15) is 0 Å². The molecule has 1 unspecified atom stereocenters. The average molecular weight is 302 g/mol. The Hall–Kier alpha value is -0.450. The fourth-order valence-electron chi connectivity index (χ4n) is 1.66. The van der Waals surface area contributed by atoms with E-state index in [2.05, 4.69) is 38.0 Å². The summed E-state index contributed by atoms with van der Waals surface area (Å²) in [6, 6.07) is 2.11. The van der Waals surface area contributed by atoms with Crippen molar-refractivity contribution in [1.82, 2.24) is 10.3 Å². The molecule has 0 bridgehead atoms. The van der Waals surface area contributed by atoms with Gasteiger partial charge in [0.15, 0.2) is 0 Å². The summed E-state index contributed by atoms with van der Waals surface area (Å²) in [4.78, 5) is 4.15. The zero-order valence-corrected chi connectivity index (χ0v) is 13.7. The Morgan fingerprint density at radius 2 is 2.16 bits per heavy atom. The van der Waals surface area contributed by atoms with Crippen LogP contribution >= 0.6 is 23.4 Å². The zero-order valence-electron chi connectivity index (χ0n) is 12.2. The predicted molar refractivity (Wildman–Crippen MR) is 86.9 cm³/mol. The number of anilines is 1. The van der Waals surface area contributed by atoms with Crippen LogP contribution in [0.2, 0.25) is 5.02 Å². The number of hydrogen-bond donors (Lipinski definition) is 2. The molecule has 0 aromatic carbocycles. The van der Waals surface area contributed by atoms with Gasteiger partial charge in [-0.25, -0.2) is 4.98 Å². The molecule has 3 nitrogen and oxygen atoms in total. The Kier molecular flexibility index (Phi) is 6.43. The summed E-state index contributed by atoms with van der Waals surface area (Å²) in [6.07, 6.45) is 2.68. The topological polar surface area (TPSA) is 50.9 Å². The van der Waals surface area contributed by atoms with E-state index < -0.39 is 0 Å². The third-order valence-corrected chi connectivity index (χ3v) is 4.19. The van der Waals surface area contributed by atoms with Crippen molar-refractivity contribution < 1.29 is 0 Å². The molecule has 19 heavy (non-hydrogen) atoms. The van der Waals surface area contributed by atoms with E-state index in [1.807, 2.05) is 17.8 Å². The van der Waals surface area contributed by atoms with Gasteiger partial charge in [0.1, 0.15) is 5.82 Å². The highest BCUT2D eigenvalue weighted by Crippen LogP contribution is 2.30. The van der Waals surface area contributed by atoms with Crippen molar-refractivity contribution in [2.75, 3.05) is 18.0 Å². The molecule has 1 atom stereocenters. The van der Waals surface area contributed by atoms with Gasteiger partial charge in [-0.15, -0.1) is 0 Å². The Bertz CT molecular complexity index is 404. The molecule has 0 saturated heterocycles. The van der Waals surface area contributed by atoms with E-state index in [0.717, 1.165) is 24.3 Å². The summed E-state index contributed by atoms with van der Waals surface area (Å²) in [5, 5.41) is 4.16. The van der Waals surface area contributed by atoms with E-state index in [0.29, 0.717) is 10.8 Å². The minimum atomic E-state index is 0.190. The number of nitrogen functional groups attached to an aromatic ring is 1. The van der Waals surface area contributed by atoms with Crippen molar-refractivity contribution >= 4 is 29.2 Å². The van der Waals surface area contributed by atoms with Crippen LogP contribution in [0.1, 0.15) is 45.7 Å². The highest BCUT2D eigenvalue weighted by Gasteiger charge is 2.19. The molecular weight excluding hydrogens is 278 g/mol. The molecule has 1 aromatic heterocycles. The number of nitrogens with two attached hydrogens (primary N) is 1. The van der Waals surface area contributed by atoms with Crippen molar-refractivity contribution in [3.05, 3.63) is 22.8 Å². The standard InChI is InChI=1S/C14H24ClN3S/c1-5-6-17-12(9-19-14(2,3)4)11-7-10(15)8-18-13(11)16/h7-8,12,17H,5-6,9H2,1-4H3,(H2,16,18).